The number of amides is 1. The van der Waals surface area contributed by atoms with Crippen LogP contribution in [0.1, 0.15) is 19.3 Å². The first-order valence-electron chi connectivity index (χ1n) is 7.03. The molecule has 1 aliphatic rings. The third-order valence-electron chi connectivity index (χ3n) is 3.55. The molecule has 0 spiro atoms. The Morgan fingerprint density at radius 1 is 1.48 bits per heavy atom. The zero-order chi connectivity index (χ0) is 14.4. The van der Waals surface area contributed by atoms with Crippen molar-refractivity contribution in [2.45, 2.75) is 30.2 Å². The second-order valence-electron chi connectivity index (χ2n) is 4.97. The van der Waals surface area contributed by atoms with Crippen LogP contribution in [-0.4, -0.2) is 42.7 Å². The molecular weight excluding hydrogens is 372 g/mol. The zero-order valence-corrected chi connectivity index (χ0v) is 15.4. The topological polar surface area (TPSA) is 32.3 Å². The minimum absolute atomic E-state index is 0. The average molecular weight is 394 g/mol. The molecule has 1 fully saturated rings. The molecule has 2 rings (SSSR count). The molecule has 21 heavy (non-hydrogen) atoms. The lowest BCUT2D eigenvalue weighted by Gasteiger charge is -2.24. The summed E-state index contributed by atoms with van der Waals surface area (Å²) in [6, 6.07) is 8.54. The number of hydrogen-bond acceptors (Lipinski definition) is 3. The fraction of sp³-hybridized carbons (Fsp3) is 0.533. The molecule has 1 aromatic carbocycles. The number of carbonyl (C=O) groups is 1. The van der Waals surface area contributed by atoms with Gasteiger partial charge in [-0.2, -0.15) is 0 Å². The highest BCUT2D eigenvalue weighted by atomic mass is 79.9. The van der Waals surface area contributed by atoms with Gasteiger partial charge >= 0.3 is 0 Å². The quantitative estimate of drug-likeness (QED) is 0.750. The van der Waals surface area contributed by atoms with Crippen LogP contribution in [0.3, 0.4) is 0 Å². The molecule has 3 nitrogen and oxygen atoms in total. The van der Waals surface area contributed by atoms with Crippen LogP contribution in [-0.2, 0) is 4.79 Å². The highest BCUT2D eigenvalue weighted by Crippen LogP contribution is 2.28. The third-order valence-corrected chi connectivity index (χ3v) is 5.58. The number of benzene rings is 1. The van der Waals surface area contributed by atoms with E-state index < -0.39 is 0 Å². The molecule has 1 saturated heterocycles. The van der Waals surface area contributed by atoms with Crippen LogP contribution >= 0.6 is 40.1 Å². The summed E-state index contributed by atoms with van der Waals surface area (Å²) in [7, 11) is 1.95. The van der Waals surface area contributed by atoms with Gasteiger partial charge in [-0.15, -0.1) is 24.2 Å². The lowest BCUT2D eigenvalue weighted by atomic mass is 10.2. The van der Waals surface area contributed by atoms with E-state index >= 15 is 0 Å². The number of halogens is 2. The first kappa shape index (κ1) is 18.8. The Morgan fingerprint density at radius 2 is 2.24 bits per heavy atom. The van der Waals surface area contributed by atoms with Crippen molar-refractivity contribution in [1.82, 2.24) is 10.2 Å². The minimum atomic E-state index is 0. The van der Waals surface area contributed by atoms with Gasteiger partial charge in [-0.1, -0.05) is 12.1 Å². The lowest BCUT2D eigenvalue weighted by molar-refractivity contribution is -0.131. The molecule has 1 N–H and O–H groups in total. The largest absolute Gasteiger partial charge is 0.338 e. The summed E-state index contributed by atoms with van der Waals surface area (Å²) in [5.74, 6) is 1.13. The van der Waals surface area contributed by atoms with Gasteiger partial charge in [-0.3, -0.25) is 4.79 Å². The van der Waals surface area contributed by atoms with Crippen LogP contribution in [0.4, 0.5) is 0 Å². The molecule has 1 unspecified atom stereocenters. The van der Waals surface area contributed by atoms with Gasteiger partial charge in [0.15, 0.2) is 0 Å². The van der Waals surface area contributed by atoms with Crippen molar-refractivity contribution in [2.24, 2.45) is 0 Å². The maximum atomic E-state index is 12.3. The highest BCUT2D eigenvalue weighted by molar-refractivity contribution is 9.10. The Balaban J connectivity index is 0.00000220. The molecule has 0 radical (unpaired) electrons. The molecule has 0 aromatic heterocycles. The van der Waals surface area contributed by atoms with Gasteiger partial charge < -0.3 is 10.2 Å². The zero-order valence-electron chi connectivity index (χ0n) is 12.2. The fourth-order valence-corrected chi connectivity index (χ4v) is 4.07. The van der Waals surface area contributed by atoms with E-state index in [9.17, 15) is 4.79 Å². The fourth-order valence-electron chi connectivity index (χ4n) is 2.57. The van der Waals surface area contributed by atoms with Crippen LogP contribution in [0.15, 0.2) is 33.6 Å². The molecule has 1 amide bonds. The predicted molar refractivity (Wildman–Crippen MR) is 95.4 cm³/mol. The Bertz CT molecular complexity index is 461. The summed E-state index contributed by atoms with van der Waals surface area (Å²) < 4.78 is 1.10. The van der Waals surface area contributed by atoms with Gasteiger partial charge in [0.05, 0.1) is 0 Å². The molecule has 6 heteroatoms. The van der Waals surface area contributed by atoms with E-state index in [2.05, 4.69) is 32.2 Å². The minimum Gasteiger partial charge on any atom is -0.338 e. The summed E-state index contributed by atoms with van der Waals surface area (Å²) in [6.07, 6.45) is 2.88. The average Bonchev–Trinajstić information content (AvgIpc) is 2.89. The molecule has 1 aliphatic heterocycles. The summed E-state index contributed by atoms with van der Waals surface area (Å²) in [5.41, 5.74) is 0. The highest BCUT2D eigenvalue weighted by Gasteiger charge is 2.27. The number of carbonyl (C=O) groups excluding carboxylic acids is 1. The van der Waals surface area contributed by atoms with E-state index in [1.807, 2.05) is 25.2 Å². The Morgan fingerprint density at radius 3 is 2.95 bits per heavy atom. The third kappa shape index (κ3) is 5.47. The lowest BCUT2D eigenvalue weighted by Crippen LogP contribution is -2.40. The number of nitrogens with zero attached hydrogens (tertiary/aromatic N) is 1. The first-order valence-corrected chi connectivity index (χ1v) is 8.81. The molecule has 0 aliphatic carbocycles. The van der Waals surface area contributed by atoms with E-state index in [1.54, 1.807) is 11.8 Å². The van der Waals surface area contributed by atoms with E-state index in [0.29, 0.717) is 18.4 Å². The summed E-state index contributed by atoms with van der Waals surface area (Å²) >= 11 is 5.27. The van der Waals surface area contributed by atoms with Crippen molar-refractivity contribution in [3.63, 3.8) is 0 Å². The van der Waals surface area contributed by atoms with E-state index in [4.69, 9.17) is 0 Å². The normalized spacial score (nSPS) is 17.6. The van der Waals surface area contributed by atoms with Crippen LogP contribution in [0.5, 0.6) is 0 Å². The Kier molecular flexibility index (Phi) is 8.71. The van der Waals surface area contributed by atoms with Crippen molar-refractivity contribution < 1.29 is 4.79 Å². The number of nitrogens with one attached hydrogen (secondary N) is 1. The van der Waals surface area contributed by atoms with Crippen molar-refractivity contribution in [2.75, 3.05) is 25.9 Å². The molecule has 118 valence electrons. The van der Waals surface area contributed by atoms with Crippen LogP contribution in [0.25, 0.3) is 0 Å². The molecule has 1 atom stereocenters. The Hall–Kier alpha value is -0.230. The van der Waals surface area contributed by atoms with E-state index in [-0.39, 0.29) is 12.4 Å². The molecule has 1 aromatic rings. The number of rotatable bonds is 6. The van der Waals surface area contributed by atoms with Gasteiger partial charge in [0.25, 0.3) is 0 Å². The standard InChI is InChI=1S/C15H21BrN2OS.ClH/c1-17-11-12-5-4-9-18(12)15(19)8-10-20-14-7-3-2-6-13(14)16;/h2-3,6-7,12,17H,4-5,8-11H2,1H3;1H. The van der Waals surface area contributed by atoms with Gasteiger partial charge in [0.1, 0.15) is 0 Å². The number of likely N-dealkylation sites (N-methyl/N-ethyl adjacent to an activating group) is 1. The SMILES string of the molecule is CNCC1CCCN1C(=O)CCSc1ccccc1Br.Cl. The molecule has 0 bridgehead atoms. The van der Waals surface area contributed by atoms with Crippen molar-refractivity contribution >= 4 is 46.0 Å². The second-order valence-corrected chi connectivity index (χ2v) is 6.96. The molecule has 1 heterocycles. The monoisotopic (exact) mass is 392 g/mol. The first-order chi connectivity index (χ1) is 9.72. The van der Waals surface area contributed by atoms with Gasteiger partial charge in [0, 0.05) is 40.7 Å². The number of likely N-dealkylation sites (tertiary alicyclic amines) is 1. The van der Waals surface area contributed by atoms with E-state index in [0.717, 1.165) is 36.2 Å². The number of hydrogen-bond donors (Lipinski definition) is 1. The van der Waals surface area contributed by atoms with E-state index in [1.165, 1.54) is 4.90 Å². The number of thioether (sulfide) groups is 1. The molecular formula is C15H22BrClN2OS. The van der Waals surface area contributed by atoms with Crippen LogP contribution in [0, 0.1) is 0 Å². The summed E-state index contributed by atoms with van der Waals surface area (Å²) in [5, 5.41) is 3.18. The van der Waals surface area contributed by atoms with Crippen LogP contribution in [0.2, 0.25) is 0 Å². The maximum Gasteiger partial charge on any atom is 0.223 e. The Labute approximate surface area is 145 Å². The van der Waals surface area contributed by atoms with Gasteiger partial charge in [0.2, 0.25) is 5.91 Å². The van der Waals surface area contributed by atoms with Gasteiger partial charge in [-0.25, -0.2) is 0 Å². The summed E-state index contributed by atoms with van der Waals surface area (Å²) in [4.78, 5) is 15.5. The van der Waals surface area contributed by atoms with Gasteiger partial charge in [-0.05, 0) is 48.0 Å². The maximum absolute atomic E-state index is 12.3. The van der Waals surface area contributed by atoms with Crippen molar-refractivity contribution in [3.8, 4) is 0 Å². The predicted octanol–water partition coefficient (Wildman–Crippen LogP) is 3.56. The second kappa shape index (κ2) is 9.72. The van der Waals surface area contributed by atoms with Crippen molar-refractivity contribution in [1.29, 1.82) is 0 Å². The van der Waals surface area contributed by atoms with Crippen LogP contribution < -0.4 is 5.32 Å². The molecule has 0 saturated carbocycles. The summed E-state index contributed by atoms with van der Waals surface area (Å²) in [6.45, 7) is 1.83. The smallest absolute Gasteiger partial charge is 0.223 e. The van der Waals surface area contributed by atoms with Crippen molar-refractivity contribution in [3.05, 3.63) is 28.7 Å².